The SMILES string of the molecule is C[C@@H]1CCC(=C=CN(C)C)C1. The molecule has 1 fully saturated rings. The van der Waals surface area contributed by atoms with E-state index in [0.29, 0.717) is 0 Å². The molecule has 11 heavy (non-hydrogen) atoms. The fourth-order valence-electron chi connectivity index (χ4n) is 1.40. The van der Waals surface area contributed by atoms with Crippen molar-refractivity contribution in [2.45, 2.75) is 26.2 Å². The second-order valence-electron chi connectivity index (χ2n) is 3.69. The van der Waals surface area contributed by atoms with E-state index in [0.717, 1.165) is 5.92 Å². The monoisotopic (exact) mass is 151 g/mol. The molecule has 0 N–H and O–H groups in total. The predicted molar refractivity (Wildman–Crippen MR) is 48.3 cm³/mol. The molecular weight excluding hydrogens is 134 g/mol. The number of nitrogens with zero attached hydrogens (tertiary/aromatic N) is 1. The van der Waals surface area contributed by atoms with Crippen molar-refractivity contribution in [1.29, 1.82) is 0 Å². The van der Waals surface area contributed by atoms with Crippen LogP contribution >= 0.6 is 0 Å². The summed E-state index contributed by atoms with van der Waals surface area (Å²) in [5.41, 5.74) is 4.82. The van der Waals surface area contributed by atoms with Crippen LogP contribution in [-0.2, 0) is 0 Å². The summed E-state index contributed by atoms with van der Waals surface area (Å²) in [6, 6.07) is 0. The zero-order chi connectivity index (χ0) is 8.27. The molecule has 0 unspecified atom stereocenters. The van der Waals surface area contributed by atoms with Crippen LogP contribution < -0.4 is 0 Å². The highest BCUT2D eigenvalue weighted by Gasteiger charge is 2.13. The fraction of sp³-hybridized carbons (Fsp3) is 0.700. The van der Waals surface area contributed by atoms with Gasteiger partial charge < -0.3 is 4.90 Å². The van der Waals surface area contributed by atoms with E-state index in [9.17, 15) is 0 Å². The van der Waals surface area contributed by atoms with E-state index in [1.165, 1.54) is 24.8 Å². The van der Waals surface area contributed by atoms with Crippen LogP contribution in [0.5, 0.6) is 0 Å². The summed E-state index contributed by atoms with van der Waals surface area (Å²) in [7, 11) is 4.07. The Morgan fingerprint density at radius 1 is 1.55 bits per heavy atom. The second-order valence-corrected chi connectivity index (χ2v) is 3.69. The Balaban J connectivity index is 2.54. The van der Waals surface area contributed by atoms with Gasteiger partial charge in [0.05, 0.1) is 0 Å². The smallest absolute Gasteiger partial charge is 0.0418 e. The third-order valence-corrected chi connectivity index (χ3v) is 2.06. The number of allylic oxidation sites excluding steroid dienone is 1. The summed E-state index contributed by atoms with van der Waals surface area (Å²) in [5.74, 6) is 0.882. The maximum atomic E-state index is 3.33. The van der Waals surface area contributed by atoms with Gasteiger partial charge in [0.1, 0.15) is 0 Å². The summed E-state index contributed by atoms with van der Waals surface area (Å²) in [6.45, 7) is 2.31. The molecule has 62 valence electrons. The van der Waals surface area contributed by atoms with Gasteiger partial charge in [-0.05, 0) is 30.8 Å². The lowest BCUT2D eigenvalue weighted by Gasteiger charge is -2.00. The van der Waals surface area contributed by atoms with E-state index < -0.39 is 0 Å². The van der Waals surface area contributed by atoms with Gasteiger partial charge >= 0.3 is 0 Å². The van der Waals surface area contributed by atoms with E-state index in [1.54, 1.807) is 0 Å². The standard InChI is InChI=1S/C10H17N/c1-9-4-5-10(8-9)6-7-11(2)3/h7,9H,4-5,8H2,1-3H3/t6?,9-/m1/s1. The summed E-state index contributed by atoms with van der Waals surface area (Å²) < 4.78 is 0. The molecule has 0 saturated heterocycles. The van der Waals surface area contributed by atoms with Crippen molar-refractivity contribution >= 4 is 0 Å². The van der Waals surface area contributed by atoms with Crippen LogP contribution in [0.15, 0.2) is 17.5 Å². The zero-order valence-corrected chi connectivity index (χ0v) is 7.72. The molecule has 0 aromatic rings. The van der Waals surface area contributed by atoms with Gasteiger partial charge in [0, 0.05) is 20.3 Å². The first-order valence-electron chi connectivity index (χ1n) is 4.29. The topological polar surface area (TPSA) is 3.24 Å². The third kappa shape index (κ3) is 2.81. The Hall–Kier alpha value is -0.680. The van der Waals surface area contributed by atoms with E-state index in [-0.39, 0.29) is 0 Å². The Bertz CT molecular complexity index is 185. The first-order chi connectivity index (χ1) is 5.18. The lowest BCUT2D eigenvalue weighted by molar-refractivity contribution is 0.564. The molecule has 1 saturated carbocycles. The largest absolute Gasteiger partial charge is 0.377 e. The molecule has 1 aliphatic rings. The first kappa shape index (κ1) is 8.42. The first-order valence-corrected chi connectivity index (χ1v) is 4.29. The second kappa shape index (κ2) is 3.64. The third-order valence-electron chi connectivity index (χ3n) is 2.06. The van der Waals surface area contributed by atoms with Crippen molar-refractivity contribution < 1.29 is 0 Å². The zero-order valence-electron chi connectivity index (χ0n) is 7.72. The van der Waals surface area contributed by atoms with E-state index in [4.69, 9.17) is 0 Å². The van der Waals surface area contributed by atoms with Gasteiger partial charge in [-0.2, -0.15) is 0 Å². The van der Waals surface area contributed by atoms with E-state index in [2.05, 4.69) is 12.7 Å². The minimum atomic E-state index is 0.882. The van der Waals surface area contributed by atoms with Crippen LogP contribution in [0.3, 0.4) is 0 Å². The average Bonchev–Trinajstić information content (AvgIpc) is 2.31. The average molecular weight is 151 g/mol. The Labute approximate surface area is 69.4 Å². The van der Waals surface area contributed by atoms with Crippen molar-refractivity contribution in [3.05, 3.63) is 17.5 Å². The quantitative estimate of drug-likeness (QED) is 0.520. The minimum Gasteiger partial charge on any atom is -0.377 e. The lowest BCUT2D eigenvalue weighted by atomic mass is 10.1. The van der Waals surface area contributed by atoms with Gasteiger partial charge in [-0.3, -0.25) is 0 Å². The van der Waals surface area contributed by atoms with Crippen LogP contribution in [0.4, 0.5) is 0 Å². The molecule has 1 aliphatic carbocycles. The highest BCUT2D eigenvalue weighted by Crippen LogP contribution is 2.28. The Kier molecular flexibility index (Phi) is 2.78. The van der Waals surface area contributed by atoms with Crippen molar-refractivity contribution in [2.24, 2.45) is 5.92 Å². The molecule has 0 heterocycles. The highest BCUT2D eigenvalue weighted by molar-refractivity contribution is 5.06. The molecule has 0 spiro atoms. The van der Waals surface area contributed by atoms with Crippen LogP contribution in [-0.4, -0.2) is 19.0 Å². The molecule has 1 nitrogen and oxygen atoms in total. The van der Waals surface area contributed by atoms with Gasteiger partial charge in [0.15, 0.2) is 0 Å². The molecular formula is C10H17N. The lowest BCUT2D eigenvalue weighted by Crippen LogP contribution is -1.98. The molecule has 1 rings (SSSR count). The van der Waals surface area contributed by atoms with Crippen LogP contribution in [0.1, 0.15) is 26.2 Å². The van der Waals surface area contributed by atoms with Gasteiger partial charge in [-0.25, -0.2) is 0 Å². The molecule has 1 heteroatoms. The summed E-state index contributed by atoms with van der Waals surface area (Å²) >= 11 is 0. The normalized spacial score (nSPS) is 23.2. The number of hydrogen-bond donors (Lipinski definition) is 0. The Morgan fingerprint density at radius 3 is 2.73 bits per heavy atom. The fourth-order valence-corrected chi connectivity index (χ4v) is 1.40. The van der Waals surface area contributed by atoms with E-state index in [1.807, 2.05) is 25.2 Å². The van der Waals surface area contributed by atoms with Crippen molar-refractivity contribution in [1.82, 2.24) is 4.90 Å². The van der Waals surface area contributed by atoms with Crippen molar-refractivity contribution in [3.8, 4) is 0 Å². The maximum Gasteiger partial charge on any atom is 0.0418 e. The maximum absolute atomic E-state index is 3.33. The van der Waals surface area contributed by atoms with Crippen LogP contribution in [0, 0.1) is 5.92 Å². The molecule has 0 radical (unpaired) electrons. The summed E-state index contributed by atoms with van der Waals surface area (Å²) in [4.78, 5) is 2.04. The van der Waals surface area contributed by atoms with Crippen LogP contribution in [0.2, 0.25) is 0 Å². The molecule has 1 atom stereocenters. The van der Waals surface area contributed by atoms with Gasteiger partial charge in [-0.15, -0.1) is 5.73 Å². The predicted octanol–water partition coefficient (Wildman–Crippen LogP) is 2.41. The molecule has 0 aliphatic heterocycles. The minimum absolute atomic E-state index is 0.882. The highest BCUT2D eigenvalue weighted by atomic mass is 15.0. The Morgan fingerprint density at radius 2 is 2.27 bits per heavy atom. The summed E-state index contributed by atoms with van der Waals surface area (Å²) in [5, 5.41) is 0. The molecule has 0 amide bonds. The van der Waals surface area contributed by atoms with E-state index >= 15 is 0 Å². The molecule has 0 bridgehead atoms. The molecule has 0 aromatic heterocycles. The van der Waals surface area contributed by atoms with Crippen molar-refractivity contribution in [2.75, 3.05) is 14.1 Å². The number of hydrogen-bond acceptors (Lipinski definition) is 1. The van der Waals surface area contributed by atoms with Gasteiger partial charge in [0.25, 0.3) is 0 Å². The molecule has 0 aromatic carbocycles. The van der Waals surface area contributed by atoms with Crippen LogP contribution in [0.25, 0.3) is 0 Å². The number of rotatable bonds is 1. The summed E-state index contributed by atoms with van der Waals surface area (Å²) in [6.07, 6.45) is 5.88. The van der Waals surface area contributed by atoms with Gasteiger partial charge in [-0.1, -0.05) is 6.92 Å². The van der Waals surface area contributed by atoms with Crippen molar-refractivity contribution in [3.63, 3.8) is 0 Å². The van der Waals surface area contributed by atoms with Gasteiger partial charge in [0.2, 0.25) is 0 Å².